The van der Waals surface area contributed by atoms with Crippen LogP contribution in [0.4, 0.5) is 0 Å². The molecular weight excluding hydrogens is 270 g/mol. The Morgan fingerprint density at radius 3 is 2.38 bits per heavy atom. The summed E-state index contributed by atoms with van der Waals surface area (Å²) >= 11 is 0. The zero-order valence-electron chi connectivity index (χ0n) is 11.5. The van der Waals surface area contributed by atoms with E-state index in [9.17, 15) is 9.59 Å². The van der Waals surface area contributed by atoms with Crippen LogP contribution in [0.3, 0.4) is 0 Å². The standard InChI is InChI=1S/C16H15NO4/c1-12(18)21-15-10-6-5-9-14(15)16(19)17-20-11-13-7-3-2-4-8-13/h2-10H,11H2,1H3,(H,17,19). The minimum atomic E-state index is -0.486. The number of nitrogens with one attached hydrogen (secondary N) is 1. The zero-order valence-corrected chi connectivity index (χ0v) is 11.5. The van der Waals surface area contributed by atoms with Gasteiger partial charge < -0.3 is 4.74 Å². The van der Waals surface area contributed by atoms with Crippen LogP contribution in [0.5, 0.6) is 5.75 Å². The summed E-state index contributed by atoms with van der Waals surface area (Å²) in [6, 6.07) is 15.9. The van der Waals surface area contributed by atoms with E-state index < -0.39 is 11.9 Å². The van der Waals surface area contributed by atoms with Gasteiger partial charge in [0.05, 0.1) is 12.2 Å². The molecule has 0 radical (unpaired) electrons. The number of benzene rings is 2. The Bertz CT molecular complexity index is 625. The smallest absolute Gasteiger partial charge is 0.308 e. The van der Waals surface area contributed by atoms with Crippen molar-refractivity contribution in [2.75, 3.05) is 0 Å². The summed E-state index contributed by atoms with van der Waals surface area (Å²) in [5.74, 6) is -0.756. The highest BCUT2D eigenvalue weighted by Gasteiger charge is 2.13. The monoisotopic (exact) mass is 285 g/mol. The quantitative estimate of drug-likeness (QED) is 0.521. The molecule has 0 unspecified atom stereocenters. The maximum Gasteiger partial charge on any atom is 0.308 e. The van der Waals surface area contributed by atoms with Gasteiger partial charge in [-0.1, -0.05) is 42.5 Å². The first kappa shape index (κ1) is 14.7. The highest BCUT2D eigenvalue weighted by molar-refractivity contribution is 5.96. The first-order valence-corrected chi connectivity index (χ1v) is 6.40. The van der Waals surface area contributed by atoms with Gasteiger partial charge in [-0.2, -0.15) is 0 Å². The van der Waals surface area contributed by atoms with Crippen molar-refractivity contribution >= 4 is 11.9 Å². The van der Waals surface area contributed by atoms with Crippen LogP contribution < -0.4 is 10.2 Å². The normalized spacial score (nSPS) is 9.95. The SMILES string of the molecule is CC(=O)Oc1ccccc1C(=O)NOCc1ccccc1. The van der Waals surface area contributed by atoms with Crippen LogP contribution >= 0.6 is 0 Å². The Morgan fingerprint density at radius 1 is 1.00 bits per heavy atom. The molecule has 2 aromatic carbocycles. The van der Waals surface area contributed by atoms with Crippen LogP contribution in [-0.4, -0.2) is 11.9 Å². The largest absolute Gasteiger partial charge is 0.426 e. The van der Waals surface area contributed by atoms with E-state index in [1.807, 2.05) is 30.3 Å². The molecule has 0 spiro atoms. The van der Waals surface area contributed by atoms with Gasteiger partial charge in [-0.3, -0.25) is 14.4 Å². The second kappa shape index (κ2) is 7.21. The number of ether oxygens (including phenoxy) is 1. The fourth-order valence-electron chi connectivity index (χ4n) is 1.71. The van der Waals surface area contributed by atoms with E-state index in [1.54, 1.807) is 24.3 Å². The van der Waals surface area contributed by atoms with Crippen molar-refractivity contribution in [1.29, 1.82) is 0 Å². The second-order valence-electron chi connectivity index (χ2n) is 4.30. The number of hydroxylamine groups is 1. The molecule has 0 atom stereocenters. The minimum absolute atomic E-state index is 0.200. The molecule has 0 saturated carbocycles. The van der Waals surface area contributed by atoms with Crippen LogP contribution in [0.1, 0.15) is 22.8 Å². The van der Waals surface area contributed by atoms with E-state index in [0.29, 0.717) is 0 Å². The molecule has 0 aliphatic heterocycles. The number of para-hydroxylation sites is 1. The molecule has 2 rings (SSSR count). The van der Waals surface area contributed by atoms with Gasteiger partial charge in [0.2, 0.25) is 0 Å². The molecule has 0 saturated heterocycles. The molecule has 1 amide bonds. The third-order valence-electron chi connectivity index (χ3n) is 2.63. The number of amides is 1. The van der Waals surface area contributed by atoms with Gasteiger partial charge in [-0.05, 0) is 17.7 Å². The van der Waals surface area contributed by atoms with Crippen molar-refractivity contribution in [3.8, 4) is 5.75 Å². The first-order chi connectivity index (χ1) is 10.2. The van der Waals surface area contributed by atoms with Crippen molar-refractivity contribution in [1.82, 2.24) is 5.48 Å². The van der Waals surface area contributed by atoms with E-state index in [-0.39, 0.29) is 17.9 Å². The summed E-state index contributed by atoms with van der Waals surface area (Å²) in [7, 11) is 0. The molecule has 1 N–H and O–H groups in total. The molecule has 0 aliphatic carbocycles. The van der Waals surface area contributed by atoms with Crippen molar-refractivity contribution in [3.63, 3.8) is 0 Å². The lowest BCUT2D eigenvalue weighted by Gasteiger charge is -2.09. The number of hydrogen-bond donors (Lipinski definition) is 1. The van der Waals surface area contributed by atoms with Gasteiger partial charge in [-0.15, -0.1) is 0 Å². The number of esters is 1. The van der Waals surface area contributed by atoms with Crippen LogP contribution in [-0.2, 0) is 16.2 Å². The van der Waals surface area contributed by atoms with Gasteiger partial charge >= 0.3 is 5.97 Å². The van der Waals surface area contributed by atoms with Gasteiger partial charge in [0, 0.05) is 6.92 Å². The van der Waals surface area contributed by atoms with E-state index in [1.165, 1.54) is 6.92 Å². The van der Waals surface area contributed by atoms with E-state index in [0.717, 1.165) is 5.56 Å². The molecule has 21 heavy (non-hydrogen) atoms. The lowest BCUT2D eigenvalue weighted by atomic mass is 10.2. The summed E-state index contributed by atoms with van der Waals surface area (Å²) in [6.07, 6.45) is 0. The highest BCUT2D eigenvalue weighted by atomic mass is 16.6. The van der Waals surface area contributed by atoms with Crippen LogP contribution in [0, 0.1) is 0 Å². The molecule has 0 aromatic heterocycles. The number of carbonyl (C=O) groups excluding carboxylic acids is 2. The molecule has 0 heterocycles. The summed E-state index contributed by atoms with van der Waals surface area (Å²) in [5.41, 5.74) is 3.50. The Morgan fingerprint density at radius 2 is 1.67 bits per heavy atom. The minimum Gasteiger partial charge on any atom is -0.426 e. The fourth-order valence-corrected chi connectivity index (χ4v) is 1.71. The molecule has 5 nitrogen and oxygen atoms in total. The number of hydrogen-bond acceptors (Lipinski definition) is 4. The van der Waals surface area contributed by atoms with Gasteiger partial charge in [0.1, 0.15) is 5.75 Å². The summed E-state index contributed by atoms with van der Waals surface area (Å²) < 4.78 is 4.98. The summed E-state index contributed by atoms with van der Waals surface area (Å²) in [6.45, 7) is 1.53. The van der Waals surface area contributed by atoms with Gasteiger partial charge in [0.15, 0.2) is 0 Å². The Labute approximate surface area is 122 Å². The summed E-state index contributed by atoms with van der Waals surface area (Å²) in [4.78, 5) is 28.2. The molecule has 0 aliphatic rings. The van der Waals surface area contributed by atoms with Crippen LogP contribution in [0.15, 0.2) is 54.6 Å². The third-order valence-corrected chi connectivity index (χ3v) is 2.63. The maximum absolute atomic E-state index is 12.0. The molecule has 0 bridgehead atoms. The van der Waals surface area contributed by atoms with Crippen molar-refractivity contribution in [2.24, 2.45) is 0 Å². The first-order valence-electron chi connectivity index (χ1n) is 6.40. The average molecular weight is 285 g/mol. The van der Waals surface area contributed by atoms with Crippen molar-refractivity contribution < 1.29 is 19.2 Å². The van der Waals surface area contributed by atoms with Crippen molar-refractivity contribution in [2.45, 2.75) is 13.5 Å². The highest BCUT2D eigenvalue weighted by Crippen LogP contribution is 2.18. The number of carbonyl (C=O) groups is 2. The summed E-state index contributed by atoms with van der Waals surface area (Å²) in [5, 5.41) is 0. The molecule has 0 fully saturated rings. The van der Waals surface area contributed by atoms with Crippen molar-refractivity contribution in [3.05, 3.63) is 65.7 Å². The second-order valence-corrected chi connectivity index (χ2v) is 4.30. The number of rotatable bonds is 5. The maximum atomic E-state index is 12.0. The zero-order chi connectivity index (χ0) is 15.1. The Kier molecular flexibility index (Phi) is 5.06. The predicted molar refractivity (Wildman–Crippen MR) is 76.4 cm³/mol. The molecule has 2 aromatic rings. The average Bonchev–Trinajstić information content (AvgIpc) is 2.48. The van der Waals surface area contributed by atoms with E-state index in [4.69, 9.17) is 9.57 Å². The molecule has 108 valence electrons. The van der Waals surface area contributed by atoms with Gasteiger partial charge in [-0.25, -0.2) is 5.48 Å². The van der Waals surface area contributed by atoms with Crippen LogP contribution in [0.25, 0.3) is 0 Å². The molecular formula is C16H15NO4. The lowest BCUT2D eigenvalue weighted by Crippen LogP contribution is -2.24. The lowest BCUT2D eigenvalue weighted by molar-refractivity contribution is -0.131. The topological polar surface area (TPSA) is 64.6 Å². The Balaban J connectivity index is 1.96. The molecule has 5 heteroatoms. The van der Waals surface area contributed by atoms with Gasteiger partial charge in [0.25, 0.3) is 5.91 Å². The predicted octanol–water partition coefficient (Wildman–Crippen LogP) is 2.47. The fraction of sp³-hybridized carbons (Fsp3) is 0.125. The Hall–Kier alpha value is -2.66. The van der Waals surface area contributed by atoms with E-state index in [2.05, 4.69) is 5.48 Å². The third kappa shape index (κ3) is 4.43. The van der Waals surface area contributed by atoms with E-state index >= 15 is 0 Å². The van der Waals surface area contributed by atoms with Crippen LogP contribution in [0.2, 0.25) is 0 Å².